The zero-order valence-electron chi connectivity index (χ0n) is 7.22. The molecule has 0 saturated heterocycles. The Morgan fingerprint density at radius 3 is 2.92 bits per heavy atom. The summed E-state index contributed by atoms with van der Waals surface area (Å²) in [6.07, 6.45) is 6.81. The molecule has 0 unspecified atom stereocenters. The molecule has 0 bridgehead atoms. The summed E-state index contributed by atoms with van der Waals surface area (Å²) in [5, 5.41) is 10.3. The second-order valence-electron chi connectivity index (χ2n) is 3.48. The number of hydrogen-bond donors (Lipinski definition) is 0. The zero-order valence-corrected chi connectivity index (χ0v) is 7.22. The van der Waals surface area contributed by atoms with Crippen LogP contribution in [0.25, 0.3) is 0 Å². The van der Waals surface area contributed by atoms with Crippen molar-refractivity contribution in [3.05, 3.63) is 22.6 Å². The molecule has 0 N–H and O–H groups in total. The quantitative estimate of drug-likeness (QED) is 0.525. The van der Waals surface area contributed by atoms with Gasteiger partial charge in [-0.25, -0.2) is 0 Å². The van der Waals surface area contributed by atoms with Crippen LogP contribution in [0.3, 0.4) is 0 Å². The Bertz CT molecular complexity index is 317. The summed E-state index contributed by atoms with van der Waals surface area (Å²) in [4.78, 5) is 13.5. The summed E-state index contributed by atoms with van der Waals surface area (Å²) in [6.45, 7) is 0.876. The molecule has 1 aliphatic rings. The first kappa shape index (κ1) is 8.22. The van der Waals surface area contributed by atoms with Crippen LogP contribution in [-0.2, 0) is 6.54 Å². The topological polar surface area (TPSA) is 61.0 Å². The maximum absolute atomic E-state index is 10.3. The van der Waals surface area contributed by atoms with Gasteiger partial charge in [0, 0.05) is 6.54 Å². The maximum Gasteiger partial charge on any atom is 0.381 e. The number of imidazole rings is 1. The first-order chi connectivity index (χ1) is 6.25. The number of hydrogen-bond acceptors (Lipinski definition) is 3. The second kappa shape index (κ2) is 3.16. The summed E-state index contributed by atoms with van der Waals surface area (Å²) >= 11 is 0. The standard InChI is InChI=1S/C8H11N3O2/c12-11(13)8-5-10(6-9-8)4-7-2-1-3-7/h5-7H,1-4H2. The van der Waals surface area contributed by atoms with E-state index in [2.05, 4.69) is 4.98 Å². The molecule has 13 heavy (non-hydrogen) atoms. The highest BCUT2D eigenvalue weighted by atomic mass is 16.6. The molecular weight excluding hydrogens is 170 g/mol. The minimum atomic E-state index is -0.461. The Balaban J connectivity index is 2.00. The Morgan fingerprint density at radius 1 is 1.69 bits per heavy atom. The lowest BCUT2D eigenvalue weighted by molar-refractivity contribution is -0.389. The molecule has 0 radical (unpaired) electrons. The van der Waals surface area contributed by atoms with Crippen molar-refractivity contribution in [2.24, 2.45) is 5.92 Å². The van der Waals surface area contributed by atoms with Crippen molar-refractivity contribution in [2.45, 2.75) is 25.8 Å². The van der Waals surface area contributed by atoms with Gasteiger partial charge < -0.3 is 14.7 Å². The molecular formula is C8H11N3O2. The van der Waals surface area contributed by atoms with Crippen molar-refractivity contribution in [3.63, 3.8) is 0 Å². The monoisotopic (exact) mass is 181 g/mol. The van der Waals surface area contributed by atoms with Gasteiger partial charge in [0.25, 0.3) is 0 Å². The molecule has 0 atom stereocenters. The third-order valence-corrected chi connectivity index (χ3v) is 2.50. The average molecular weight is 181 g/mol. The summed E-state index contributed by atoms with van der Waals surface area (Å²) < 4.78 is 1.81. The van der Waals surface area contributed by atoms with Crippen LogP contribution in [0.2, 0.25) is 0 Å². The van der Waals surface area contributed by atoms with E-state index in [1.165, 1.54) is 31.8 Å². The van der Waals surface area contributed by atoms with Gasteiger partial charge in [0.2, 0.25) is 6.33 Å². The van der Waals surface area contributed by atoms with E-state index in [4.69, 9.17) is 0 Å². The highest BCUT2D eigenvalue weighted by Crippen LogP contribution is 2.27. The summed E-state index contributed by atoms with van der Waals surface area (Å²) in [7, 11) is 0. The minimum Gasteiger partial charge on any atom is -0.358 e. The normalized spacial score (nSPS) is 16.9. The molecule has 0 amide bonds. The SMILES string of the molecule is O=[N+]([O-])c1cn(CC2CCC2)cn1. The van der Waals surface area contributed by atoms with Crippen LogP contribution in [0.4, 0.5) is 5.82 Å². The lowest BCUT2D eigenvalue weighted by Gasteiger charge is -2.24. The fourth-order valence-electron chi connectivity index (χ4n) is 1.52. The van der Waals surface area contributed by atoms with Gasteiger partial charge in [-0.1, -0.05) is 6.42 Å². The van der Waals surface area contributed by atoms with Crippen LogP contribution in [-0.4, -0.2) is 14.5 Å². The smallest absolute Gasteiger partial charge is 0.358 e. The molecule has 1 fully saturated rings. The van der Waals surface area contributed by atoms with Gasteiger partial charge in [-0.05, 0) is 28.7 Å². The molecule has 0 aromatic carbocycles. The molecule has 2 rings (SSSR count). The van der Waals surface area contributed by atoms with Crippen molar-refractivity contribution in [1.29, 1.82) is 0 Å². The van der Waals surface area contributed by atoms with Gasteiger partial charge in [-0.15, -0.1) is 0 Å². The first-order valence-corrected chi connectivity index (χ1v) is 4.42. The van der Waals surface area contributed by atoms with E-state index in [9.17, 15) is 10.1 Å². The van der Waals surface area contributed by atoms with Gasteiger partial charge in [0.15, 0.2) is 0 Å². The van der Waals surface area contributed by atoms with Gasteiger partial charge in [0.1, 0.15) is 6.20 Å². The van der Waals surface area contributed by atoms with Crippen molar-refractivity contribution < 1.29 is 4.92 Å². The molecule has 0 spiro atoms. The number of nitro groups is 1. The first-order valence-electron chi connectivity index (χ1n) is 4.42. The highest BCUT2D eigenvalue weighted by molar-refractivity contribution is 5.12. The van der Waals surface area contributed by atoms with Crippen molar-refractivity contribution in [1.82, 2.24) is 9.55 Å². The molecule has 0 aliphatic heterocycles. The Morgan fingerprint density at radius 2 is 2.46 bits per heavy atom. The number of rotatable bonds is 3. The van der Waals surface area contributed by atoms with Crippen LogP contribution in [0, 0.1) is 16.0 Å². The van der Waals surface area contributed by atoms with Crippen LogP contribution < -0.4 is 0 Å². The molecule has 5 heteroatoms. The fraction of sp³-hybridized carbons (Fsp3) is 0.625. The Labute approximate surface area is 75.5 Å². The molecule has 1 aromatic heterocycles. The third kappa shape index (κ3) is 1.68. The molecule has 5 nitrogen and oxygen atoms in total. The fourth-order valence-corrected chi connectivity index (χ4v) is 1.52. The predicted molar refractivity (Wildman–Crippen MR) is 46.2 cm³/mol. The van der Waals surface area contributed by atoms with Gasteiger partial charge in [-0.3, -0.25) is 0 Å². The van der Waals surface area contributed by atoms with E-state index >= 15 is 0 Å². The van der Waals surface area contributed by atoms with E-state index in [0.717, 1.165) is 6.54 Å². The van der Waals surface area contributed by atoms with Gasteiger partial charge in [0.05, 0.1) is 0 Å². The van der Waals surface area contributed by atoms with E-state index < -0.39 is 4.92 Å². The van der Waals surface area contributed by atoms with Gasteiger partial charge in [-0.2, -0.15) is 0 Å². The summed E-state index contributed by atoms with van der Waals surface area (Å²) in [6, 6.07) is 0. The second-order valence-corrected chi connectivity index (χ2v) is 3.48. The van der Waals surface area contributed by atoms with Crippen LogP contribution in [0.5, 0.6) is 0 Å². The Hall–Kier alpha value is -1.39. The predicted octanol–water partition coefficient (Wildman–Crippen LogP) is 1.59. The average Bonchev–Trinajstić information content (AvgIpc) is 2.44. The lowest BCUT2D eigenvalue weighted by atomic mass is 9.85. The van der Waals surface area contributed by atoms with Crippen LogP contribution in [0.1, 0.15) is 19.3 Å². The van der Waals surface area contributed by atoms with Crippen molar-refractivity contribution in [3.8, 4) is 0 Å². The van der Waals surface area contributed by atoms with E-state index in [1.54, 1.807) is 0 Å². The number of nitrogens with zero attached hydrogens (tertiary/aromatic N) is 3. The van der Waals surface area contributed by atoms with E-state index in [1.807, 2.05) is 4.57 Å². The Kier molecular flexibility index (Phi) is 2.00. The molecule has 1 aliphatic carbocycles. The van der Waals surface area contributed by atoms with Crippen LogP contribution in [0.15, 0.2) is 12.5 Å². The third-order valence-electron chi connectivity index (χ3n) is 2.50. The lowest BCUT2D eigenvalue weighted by Crippen LogP contribution is -2.16. The van der Waals surface area contributed by atoms with E-state index in [-0.39, 0.29) is 5.82 Å². The molecule has 1 aromatic rings. The molecule has 1 heterocycles. The van der Waals surface area contributed by atoms with Crippen molar-refractivity contribution >= 4 is 5.82 Å². The zero-order chi connectivity index (χ0) is 9.26. The maximum atomic E-state index is 10.3. The summed E-state index contributed by atoms with van der Waals surface area (Å²) in [5.74, 6) is 0.646. The van der Waals surface area contributed by atoms with Crippen LogP contribution >= 0.6 is 0 Å². The largest absolute Gasteiger partial charge is 0.381 e. The molecule has 1 saturated carbocycles. The highest BCUT2D eigenvalue weighted by Gasteiger charge is 2.19. The molecule has 70 valence electrons. The van der Waals surface area contributed by atoms with Crippen molar-refractivity contribution in [2.75, 3.05) is 0 Å². The number of aromatic nitrogens is 2. The summed E-state index contributed by atoms with van der Waals surface area (Å²) in [5.41, 5.74) is 0. The van der Waals surface area contributed by atoms with E-state index in [0.29, 0.717) is 5.92 Å². The van der Waals surface area contributed by atoms with Gasteiger partial charge >= 0.3 is 5.82 Å². The minimum absolute atomic E-state index is 0.0562.